The molecular formula is C24H28N6O4S. The van der Waals surface area contributed by atoms with Crippen molar-refractivity contribution in [1.29, 1.82) is 0 Å². The van der Waals surface area contributed by atoms with Gasteiger partial charge < -0.3 is 15.0 Å². The van der Waals surface area contributed by atoms with E-state index in [0.717, 1.165) is 29.2 Å². The van der Waals surface area contributed by atoms with Gasteiger partial charge in [0.15, 0.2) is 5.82 Å². The van der Waals surface area contributed by atoms with Gasteiger partial charge in [-0.15, -0.1) is 11.3 Å². The van der Waals surface area contributed by atoms with Crippen LogP contribution in [0.4, 0.5) is 5.69 Å². The van der Waals surface area contributed by atoms with Crippen molar-refractivity contribution in [3.05, 3.63) is 51.9 Å². The number of rotatable bonds is 7. The number of piperidine rings is 1. The van der Waals surface area contributed by atoms with Gasteiger partial charge in [-0.1, -0.05) is 0 Å². The Morgan fingerprint density at radius 1 is 1.20 bits per heavy atom. The largest absolute Gasteiger partial charge is 0.469 e. The number of ether oxygens (including phenoxy) is 1. The van der Waals surface area contributed by atoms with E-state index in [1.807, 2.05) is 19.9 Å². The van der Waals surface area contributed by atoms with Crippen molar-refractivity contribution in [2.75, 3.05) is 25.5 Å². The summed E-state index contributed by atoms with van der Waals surface area (Å²) in [6.45, 7) is 5.05. The molecule has 0 radical (unpaired) electrons. The van der Waals surface area contributed by atoms with Crippen LogP contribution in [0.2, 0.25) is 0 Å². The summed E-state index contributed by atoms with van der Waals surface area (Å²) in [6, 6.07) is 5.50. The predicted octanol–water partition coefficient (Wildman–Crippen LogP) is 3.25. The molecule has 35 heavy (non-hydrogen) atoms. The highest BCUT2D eigenvalue weighted by molar-refractivity contribution is 7.10. The molecule has 1 saturated heterocycles. The summed E-state index contributed by atoms with van der Waals surface area (Å²) in [5, 5.41) is 10.0. The maximum absolute atomic E-state index is 13.0. The maximum atomic E-state index is 13.0. The number of methoxy groups -OCH3 is 1. The van der Waals surface area contributed by atoms with Gasteiger partial charge >= 0.3 is 5.97 Å². The number of hydrogen-bond donors (Lipinski definition) is 1. The number of esters is 1. The normalized spacial score (nSPS) is 14.1. The molecule has 0 bridgehead atoms. The van der Waals surface area contributed by atoms with E-state index >= 15 is 0 Å². The van der Waals surface area contributed by atoms with Crippen molar-refractivity contribution >= 4 is 34.8 Å². The Morgan fingerprint density at radius 3 is 2.66 bits per heavy atom. The highest BCUT2D eigenvalue weighted by Crippen LogP contribution is 2.31. The average molecular weight is 497 g/mol. The number of hydrogen-bond acceptors (Lipinski definition) is 8. The summed E-state index contributed by atoms with van der Waals surface area (Å²) < 4.78 is 6.31. The van der Waals surface area contributed by atoms with Gasteiger partial charge in [-0.3, -0.25) is 14.4 Å². The quantitative estimate of drug-likeness (QED) is 0.499. The van der Waals surface area contributed by atoms with Crippen LogP contribution in [0.1, 0.15) is 58.5 Å². The van der Waals surface area contributed by atoms with Crippen LogP contribution in [0.3, 0.4) is 0 Å². The first-order chi connectivity index (χ1) is 16.9. The van der Waals surface area contributed by atoms with Crippen LogP contribution in [-0.4, -0.2) is 62.6 Å². The van der Waals surface area contributed by atoms with Crippen LogP contribution < -0.4 is 5.32 Å². The number of aromatic nitrogens is 4. The summed E-state index contributed by atoms with van der Waals surface area (Å²) in [5.74, 6) is 0.0118. The molecular weight excluding hydrogens is 468 g/mol. The molecule has 4 rings (SSSR count). The van der Waals surface area contributed by atoms with E-state index < -0.39 is 0 Å². The van der Waals surface area contributed by atoms with Crippen molar-refractivity contribution in [3.63, 3.8) is 0 Å². The van der Waals surface area contributed by atoms with Crippen molar-refractivity contribution < 1.29 is 19.1 Å². The zero-order valence-corrected chi connectivity index (χ0v) is 20.8. The molecule has 0 spiro atoms. The van der Waals surface area contributed by atoms with Gasteiger partial charge in [0.2, 0.25) is 5.91 Å². The Labute approximate surface area is 207 Å². The molecule has 4 heterocycles. The molecule has 10 nitrogen and oxygen atoms in total. The number of carbonyl (C=O) groups excluding carboxylic acids is 3. The highest BCUT2D eigenvalue weighted by Gasteiger charge is 2.27. The fourth-order valence-electron chi connectivity index (χ4n) is 4.12. The van der Waals surface area contributed by atoms with Gasteiger partial charge in [0.1, 0.15) is 5.69 Å². The first-order valence-electron chi connectivity index (χ1n) is 11.5. The molecule has 0 saturated carbocycles. The van der Waals surface area contributed by atoms with E-state index in [9.17, 15) is 14.4 Å². The summed E-state index contributed by atoms with van der Waals surface area (Å²) in [5.41, 5.74) is 2.69. The van der Waals surface area contributed by atoms with Crippen LogP contribution in [-0.2, 0) is 14.3 Å². The first kappa shape index (κ1) is 24.5. The topological polar surface area (TPSA) is 119 Å². The third-order valence-electron chi connectivity index (χ3n) is 5.97. The van der Waals surface area contributed by atoms with Gasteiger partial charge in [0, 0.05) is 42.7 Å². The number of pyridine rings is 1. The number of aryl methyl sites for hydroxylation is 2. The Balaban J connectivity index is 1.37. The van der Waals surface area contributed by atoms with Crippen LogP contribution in [0.15, 0.2) is 29.8 Å². The summed E-state index contributed by atoms with van der Waals surface area (Å²) >= 11 is 1.46. The molecule has 0 unspecified atom stereocenters. The Bertz CT molecular complexity index is 1230. The highest BCUT2D eigenvalue weighted by atomic mass is 32.1. The predicted molar refractivity (Wildman–Crippen MR) is 131 cm³/mol. The SMILES string of the molecule is COC(=O)CCC(=O)N1CCC(c2nc(C(=O)Nc3cccnc3-n3nc(C)cc3C)cs2)CC1. The van der Waals surface area contributed by atoms with Gasteiger partial charge in [0.25, 0.3) is 5.91 Å². The Kier molecular flexibility index (Phi) is 7.54. The molecule has 0 aromatic carbocycles. The van der Waals surface area contributed by atoms with Crippen molar-refractivity contribution in [2.24, 2.45) is 0 Å². The second-order valence-corrected chi connectivity index (χ2v) is 9.36. The Hall–Kier alpha value is -3.60. The van der Waals surface area contributed by atoms with Crippen molar-refractivity contribution in [3.8, 4) is 5.82 Å². The molecule has 11 heteroatoms. The molecule has 3 aromatic rings. The molecule has 2 amide bonds. The van der Waals surface area contributed by atoms with E-state index in [0.29, 0.717) is 30.3 Å². The third kappa shape index (κ3) is 5.73. The van der Waals surface area contributed by atoms with Crippen molar-refractivity contribution in [2.45, 2.75) is 45.4 Å². The van der Waals surface area contributed by atoms with Gasteiger partial charge in [0.05, 0.1) is 29.9 Å². The van der Waals surface area contributed by atoms with E-state index in [1.165, 1.54) is 18.4 Å². The molecule has 3 aromatic heterocycles. The average Bonchev–Trinajstić information content (AvgIpc) is 3.49. The van der Waals surface area contributed by atoms with Gasteiger partial charge in [-0.05, 0) is 44.9 Å². The van der Waals surface area contributed by atoms with E-state index in [-0.39, 0.29) is 36.5 Å². The number of likely N-dealkylation sites (tertiary alicyclic amines) is 1. The van der Waals surface area contributed by atoms with Crippen LogP contribution in [0.5, 0.6) is 0 Å². The zero-order chi connectivity index (χ0) is 24.9. The number of thiazole rings is 1. The maximum Gasteiger partial charge on any atom is 0.306 e. The minimum absolute atomic E-state index is 0.0389. The Morgan fingerprint density at radius 2 is 1.97 bits per heavy atom. The lowest BCUT2D eigenvalue weighted by molar-refractivity contribution is -0.143. The first-order valence-corrected chi connectivity index (χ1v) is 12.3. The molecule has 1 fully saturated rings. The van der Waals surface area contributed by atoms with Crippen LogP contribution in [0.25, 0.3) is 5.82 Å². The summed E-state index contributed by atoms with van der Waals surface area (Å²) in [7, 11) is 1.32. The number of anilines is 1. The lowest BCUT2D eigenvalue weighted by atomic mass is 9.97. The minimum Gasteiger partial charge on any atom is -0.469 e. The number of nitrogens with one attached hydrogen (secondary N) is 1. The number of nitrogens with zero attached hydrogens (tertiary/aromatic N) is 5. The fraction of sp³-hybridized carbons (Fsp3) is 0.417. The minimum atomic E-state index is -0.380. The fourth-order valence-corrected chi connectivity index (χ4v) is 5.09. The van der Waals surface area contributed by atoms with Crippen LogP contribution >= 0.6 is 11.3 Å². The molecule has 1 aliphatic heterocycles. The number of amides is 2. The smallest absolute Gasteiger partial charge is 0.306 e. The lowest BCUT2D eigenvalue weighted by Crippen LogP contribution is -2.38. The monoisotopic (exact) mass is 496 g/mol. The molecule has 1 aliphatic rings. The lowest BCUT2D eigenvalue weighted by Gasteiger charge is -2.31. The third-order valence-corrected chi connectivity index (χ3v) is 6.97. The number of carbonyl (C=O) groups is 3. The molecule has 0 aliphatic carbocycles. The molecule has 184 valence electrons. The second kappa shape index (κ2) is 10.8. The van der Waals surface area contributed by atoms with Gasteiger partial charge in [-0.25, -0.2) is 14.6 Å². The van der Waals surface area contributed by atoms with Gasteiger partial charge in [-0.2, -0.15) is 5.10 Å². The van der Waals surface area contributed by atoms with E-state index in [4.69, 9.17) is 0 Å². The van der Waals surface area contributed by atoms with Crippen LogP contribution in [0, 0.1) is 13.8 Å². The molecule has 0 atom stereocenters. The van der Waals surface area contributed by atoms with E-state index in [2.05, 4.69) is 25.1 Å². The van der Waals surface area contributed by atoms with E-state index in [1.54, 1.807) is 33.3 Å². The zero-order valence-electron chi connectivity index (χ0n) is 20.0. The second-order valence-electron chi connectivity index (χ2n) is 8.47. The summed E-state index contributed by atoms with van der Waals surface area (Å²) in [4.78, 5) is 47.3. The molecule has 1 N–H and O–H groups in total. The standard InChI is InChI=1S/C24H28N6O4S/c1-15-13-16(2)30(28-15)22-18(5-4-10-25-22)26-23(33)19-14-35-24(27-19)17-8-11-29(12-9-17)20(31)6-7-21(32)34-3/h4-5,10,13-14,17H,6-9,11-12H2,1-3H3,(H,26,33). The summed E-state index contributed by atoms with van der Waals surface area (Å²) in [6.07, 6.45) is 3.45. The van der Waals surface area contributed by atoms with Crippen molar-refractivity contribution in [1.82, 2.24) is 24.6 Å².